The summed E-state index contributed by atoms with van der Waals surface area (Å²) in [7, 11) is 0. The van der Waals surface area contributed by atoms with Crippen LogP contribution in [0.3, 0.4) is 0 Å². The lowest BCUT2D eigenvalue weighted by molar-refractivity contribution is -0.117. The Morgan fingerprint density at radius 2 is 2.44 bits per heavy atom. The first-order valence-corrected chi connectivity index (χ1v) is 5.54. The minimum atomic E-state index is 0.0964. The van der Waals surface area contributed by atoms with Crippen LogP contribution in [0.2, 0.25) is 5.02 Å². The van der Waals surface area contributed by atoms with E-state index in [9.17, 15) is 4.79 Å². The van der Waals surface area contributed by atoms with Gasteiger partial charge in [-0.05, 0) is 18.6 Å². The van der Waals surface area contributed by atoms with Crippen LogP contribution in [-0.4, -0.2) is 17.4 Å². The van der Waals surface area contributed by atoms with Gasteiger partial charge in [-0.25, -0.2) is 4.98 Å². The number of hydrogen-bond donors (Lipinski definition) is 0. The van der Waals surface area contributed by atoms with Crippen LogP contribution in [0.5, 0.6) is 0 Å². The molecule has 0 aromatic carbocycles. The molecule has 16 heavy (non-hydrogen) atoms. The van der Waals surface area contributed by atoms with Crippen molar-refractivity contribution in [2.75, 3.05) is 11.4 Å². The zero-order valence-electron chi connectivity index (χ0n) is 9.11. The number of aromatic nitrogens is 1. The summed E-state index contributed by atoms with van der Waals surface area (Å²) < 4.78 is 0. The van der Waals surface area contributed by atoms with E-state index >= 15 is 0 Å². The number of nitrogens with zero attached hydrogens (tertiary/aromatic N) is 2. The van der Waals surface area contributed by atoms with E-state index in [2.05, 4.69) is 11.6 Å². The molecule has 1 fully saturated rings. The molecule has 0 aliphatic carbocycles. The lowest BCUT2D eigenvalue weighted by atomic mass is 10.1. The third-order valence-corrected chi connectivity index (χ3v) is 3.19. The molecule has 4 heteroatoms. The van der Waals surface area contributed by atoms with E-state index in [1.807, 2.05) is 19.1 Å². The van der Waals surface area contributed by atoms with E-state index in [4.69, 9.17) is 11.6 Å². The summed E-state index contributed by atoms with van der Waals surface area (Å²) in [6.07, 6.45) is 3.92. The quantitative estimate of drug-likeness (QED) is 0.740. The monoisotopic (exact) mass is 236 g/mol. The molecule has 0 radical (unpaired) electrons. The van der Waals surface area contributed by atoms with E-state index in [0.29, 0.717) is 23.8 Å². The summed E-state index contributed by atoms with van der Waals surface area (Å²) >= 11 is 5.90. The van der Waals surface area contributed by atoms with E-state index in [-0.39, 0.29) is 11.8 Å². The maximum atomic E-state index is 11.7. The minimum absolute atomic E-state index is 0.0964. The van der Waals surface area contributed by atoms with Crippen LogP contribution in [0.15, 0.2) is 24.9 Å². The van der Waals surface area contributed by atoms with Crippen molar-refractivity contribution >= 4 is 23.3 Å². The van der Waals surface area contributed by atoms with Crippen LogP contribution in [-0.2, 0) is 4.79 Å². The number of anilines is 1. The smallest absolute Gasteiger partial charge is 0.228 e. The first kappa shape index (κ1) is 11.1. The van der Waals surface area contributed by atoms with Crippen LogP contribution in [0.1, 0.15) is 12.0 Å². The Balaban J connectivity index is 2.27. The Morgan fingerprint density at radius 1 is 1.69 bits per heavy atom. The van der Waals surface area contributed by atoms with Crippen molar-refractivity contribution in [1.82, 2.24) is 4.98 Å². The van der Waals surface area contributed by atoms with Crippen molar-refractivity contribution in [2.45, 2.75) is 13.3 Å². The summed E-state index contributed by atoms with van der Waals surface area (Å²) in [5.74, 6) is 1.00. The normalized spacial score (nSPS) is 20.2. The molecular weight excluding hydrogens is 224 g/mol. The average molecular weight is 237 g/mol. The van der Waals surface area contributed by atoms with E-state index in [0.717, 1.165) is 5.56 Å². The summed E-state index contributed by atoms with van der Waals surface area (Å²) in [6.45, 7) is 6.28. The van der Waals surface area contributed by atoms with Gasteiger partial charge in [-0.15, -0.1) is 6.58 Å². The summed E-state index contributed by atoms with van der Waals surface area (Å²) in [4.78, 5) is 17.6. The Labute approximate surface area is 99.7 Å². The number of pyridine rings is 1. The molecule has 1 amide bonds. The number of rotatable bonds is 2. The fraction of sp³-hybridized carbons (Fsp3) is 0.333. The highest BCUT2D eigenvalue weighted by atomic mass is 35.5. The maximum absolute atomic E-state index is 11.7. The first-order valence-electron chi connectivity index (χ1n) is 5.17. The Bertz CT molecular complexity index is 445. The molecule has 1 aromatic rings. The van der Waals surface area contributed by atoms with Crippen LogP contribution in [0.4, 0.5) is 5.82 Å². The van der Waals surface area contributed by atoms with E-state index in [1.54, 1.807) is 11.1 Å². The highest BCUT2D eigenvalue weighted by Gasteiger charge is 2.29. The van der Waals surface area contributed by atoms with Gasteiger partial charge in [0.25, 0.3) is 0 Å². The molecule has 2 rings (SSSR count). The van der Waals surface area contributed by atoms with Crippen molar-refractivity contribution in [2.24, 2.45) is 5.92 Å². The number of aryl methyl sites for hydroxylation is 1. The third-order valence-electron chi connectivity index (χ3n) is 2.80. The second kappa shape index (κ2) is 4.26. The second-order valence-electron chi connectivity index (χ2n) is 4.00. The molecule has 0 N–H and O–H groups in total. The first-order chi connectivity index (χ1) is 7.61. The number of hydrogen-bond acceptors (Lipinski definition) is 2. The molecule has 0 spiro atoms. The molecule has 2 heterocycles. The zero-order chi connectivity index (χ0) is 11.7. The molecule has 0 bridgehead atoms. The SMILES string of the molecule is C=CC1CC(=O)N(c2cc(C)c(Cl)cn2)C1. The molecule has 1 atom stereocenters. The summed E-state index contributed by atoms with van der Waals surface area (Å²) in [5.41, 5.74) is 0.932. The maximum Gasteiger partial charge on any atom is 0.228 e. The predicted molar refractivity (Wildman–Crippen MR) is 64.6 cm³/mol. The molecule has 0 saturated carbocycles. The summed E-state index contributed by atoms with van der Waals surface area (Å²) in [5, 5.41) is 0.621. The second-order valence-corrected chi connectivity index (χ2v) is 4.40. The van der Waals surface area contributed by atoms with Crippen molar-refractivity contribution in [3.8, 4) is 0 Å². The Morgan fingerprint density at radius 3 is 3.00 bits per heavy atom. The molecule has 1 aliphatic heterocycles. The van der Waals surface area contributed by atoms with Crippen molar-refractivity contribution in [1.29, 1.82) is 0 Å². The molecule has 1 unspecified atom stereocenters. The third kappa shape index (κ3) is 1.95. The fourth-order valence-electron chi connectivity index (χ4n) is 1.79. The number of halogens is 1. The fourth-order valence-corrected chi connectivity index (χ4v) is 1.89. The predicted octanol–water partition coefficient (Wildman–Crippen LogP) is 2.58. The van der Waals surface area contributed by atoms with Gasteiger partial charge in [0.1, 0.15) is 5.82 Å². The van der Waals surface area contributed by atoms with Gasteiger partial charge in [-0.3, -0.25) is 9.69 Å². The van der Waals surface area contributed by atoms with Gasteiger partial charge in [-0.2, -0.15) is 0 Å². The zero-order valence-corrected chi connectivity index (χ0v) is 9.87. The van der Waals surface area contributed by atoms with Crippen LogP contribution in [0, 0.1) is 12.8 Å². The number of amides is 1. The van der Waals surface area contributed by atoms with Crippen LogP contribution < -0.4 is 4.90 Å². The number of carbonyl (C=O) groups is 1. The lowest BCUT2D eigenvalue weighted by Gasteiger charge is -2.15. The lowest BCUT2D eigenvalue weighted by Crippen LogP contribution is -2.25. The molecular formula is C12H13ClN2O. The standard InChI is InChI=1S/C12H13ClN2O/c1-3-9-5-12(16)15(7-9)11-4-8(2)10(13)6-14-11/h3-4,6,9H,1,5,7H2,2H3. The molecule has 84 valence electrons. The number of carbonyl (C=O) groups excluding carboxylic acids is 1. The average Bonchev–Trinajstić information content (AvgIpc) is 2.64. The highest BCUT2D eigenvalue weighted by molar-refractivity contribution is 6.31. The van der Waals surface area contributed by atoms with Crippen molar-refractivity contribution in [3.05, 3.63) is 35.5 Å². The van der Waals surface area contributed by atoms with Crippen LogP contribution in [0.25, 0.3) is 0 Å². The topological polar surface area (TPSA) is 33.2 Å². The highest BCUT2D eigenvalue weighted by Crippen LogP contribution is 2.26. The molecule has 1 aromatic heterocycles. The molecule has 1 aliphatic rings. The van der Waals surface area contributed by atoms with Crippen molar-refractivity contribution in [3.63, 3.8) is 0 Å². The molecule has 1 saturated heterocycles. The van der Waals surface area contributed by atoms with Gasteiger partial charge in [0.15, 0.2) is 0 Å². The van der Waals surface area contributed by atoms with Gasteiger partial charge < -0.3 is 0 Å². The Kier molecular flexibility index (Phi) is 2.97. The Hall–Kier alpha value is -1.35. The van der Waals surface area contributed by atoms with E-state index < -0.39 is 0 Å². The van der Waals surface area contributed by atoms with Gasteiger partial charge in [0, 0.05) is 25.1 Å². The van der Waals surface area contributed by atoms with Gasteiger partial charge >= 0.3 is 0 Å². The van der Waals surface area contributed by atoms with Gasteiger partial charge in [-0.1, -0.05) is 17.7 Å². The van der Waals surface area contributed by atoms with Gasteiger partial charge in [0.05, 0.1) is 5.02 Å². The minimum Gasteiger partial charge on any atom is -0.296 e. The van der Waals surface area contributed by atoms with Gasteiger partial charge in [0.2, 0.25) is 5.91 Å². The summed E-state index contributed by atoms with van der Waals surface area (Å²) in [6, 6.07) is 1.84. The largest absolute Gasteiger partial charge is 0.296 e. The van der Waals surface area contributed by atoms with E-state index in [1.165, 1.54) is 0 Å². The van der Waals surface area contributed by atoms with Crippen LogP contribution >= 0.6 is 11.6 Å². The van der Waals surface area contributed by atoms with Crippen molar-refractivity contribution < 1.29 is 4.79 Å². The molecule has 3 nitrogen and oxygen atoms in total.